The highest BCUT2D eigenvalue weighted by molar-refractivity contribution is 6.06. The quantitative estimate of drug-likeness (QED) is 0.188. The van der Waals surface area contributed by atoms with Crippen LogP contribution in [0.2, 0.25) is 0 Å². The molecule has 9 nitrogen and oxygen atoms in total. The van der Waals surface area contributed by atoms with Crippen molar-refractivity contribution in [1.29, 1.82) is 0 Å². The minimum absolute atomic E-state index is 0.0726. The van der Waals surface area contributed by atoms with Gasteiger partial charge in [-0.2, -0.15) is 0 Å². The molecule has 12 heteroatoms. The first-order chi connectivity index (χ1) is 19.4. The second-order valence-electron chi connectivity index (χ2n) is 9.76. The molecule has 1 N–H and O–H groups in total. The van der Waals surface area contributed by atoms with E-state index in [1.807, 2.05) is 30.3 Å². The van der Waals surface area contributed by atoms with Crippen LogP contribution < -0.4 is 14.8 Å². The number of hydroxylamine groups is 2. The minimum Gasteiger partial charge on any atom is -0.491 e. The highest BCUT2D eigenvalue weighted by Gasteiger charge is 2.45. The molecule has 0 aliphatic carbocycles. The van der Waals surface area contributed by atoms with Crippen LogP contribution in [0, 0.1) is 0 Å². The van der Waals surface area contributed by atoms with Gasteiger partial charge in [0.2, 0.25) is 6.41 Å². The van der Waals surface area contributed by atoms with Crippen LogP contribution in [-0.2, 0) is 21.0 Å². The number of carbonyl (C=O) groups is 3. The van der Waals surface area contributed by atoms with Gasteiger partial charge in [-0.05, 0) is 54.8 Å². The van der Waals surface area contributed by atoms with Gasteiger partial charge in [0.15, 0.2) is 0 Å². The number of hydrogen-bond acceptors (Lipinski definition) is 6. The molecule has 1 saturated heterocycles. The zero-order valence-corrected chi connectivity index (χ0v) is 22.3. The monoisotopic (exact) mass is 571 g/mol. The lowest BCUT2D eigenvalue weighted by Crippen LogP contribution is -2.49. The highest BCUT2D eigenvalue weighted by atomic mass is 19.4. The second-order valence-corrected chi connectivity index (χ2v) is 9.76. The van der Waals surface area contributed by atoms with Crippen LogP contribution in [0.15, 0.2) is 78.9 Å². The summed E-state index contributed by atoms with van der Waals surface area (Å²) in [5.41, 5.74) is 1.09. The summed E-state index contributed by atoms with van der Waals surface area (Å²) in [7, 11) is 0. The van der Waals surface area contributed by atoms with Crippen LogP contribution in [0.5, 0.6) is 11.5 Å². The van der Waals surface area contributed by atoms with Gasteiger partial charge in [-0.25, -0.2) is 9.86 Å². The summed E-state index contributed by atoms with van der Waals surface area (Å²) in [6.45, 7) is 2.95. The maximum absolute atomic E-state index is 12.8. The average molecular weight is 572 g/mol. The van der Waals surface area contributed by atoms with E-state index in [-0.39, 0.29) is 25.5 Å². The molecule has 0 radical (unpaired) electrons. The average Bonchev–Trinajstić information content (AvgIpc) is 3.13. The zero-order chi connectivity index (χ0) is 29.6. The number of rotatable bonds is 12. The lowest BCUT2D eigenvalue weighted by Gasteiger charge is -2.30. The number of benzene rings is 3. The van der Waals surface area contributed by atoms with Crippen LogP contribution in [0.3, 0.4) is 0 Å². The minimum atomic E-state index is -4.77. The molecule has 3 aromatic carbocycles. The third kappa shape index (κ3) is 7.76. The third-order valence-corrected chi connectivity index (χ3v) is 6.24. The molecule has 0 bridgehead atoms. The fraction of sp³-hybridized carbons (Fsp3) is 0.276. The first kappa shape index (κ1) is 29.4. The lowest BCUT2D eigenvalue weighted by molar-refractivity contribution is -0.274. The Kier molecular flexibility index (Phi) is 8.82. The Morgan fingerprint density at radius 1 is 0.927 bits per heavy atom. The molecular formula is C29H28F3N3O6. The third-order valence-electron chi connectivity index (χ3n) is 6.24. The molecule has 1 fully saturated rings. The number of imide groups is 1. The van der Waals surface area contributed by atoms with Crippen molar-refractivity contribution in [3.05, 3.63) is 84.4 Å². The maximum atomic E-state index is 12.8. The number of ether oxygens (including phenoxy) is 2. The summed E-state index contributed by atoms with van der Waals surface area (Å²) in [4.78, 5) is 44.0. The van der Waals surface area contributed by atoms with Crippen LogP contribution in [0.4, 0.5) is 18.0 Å². The molecule has 3 aromatic rings. The Morgan fingerprint density at radius 3 is 2.02 bits per heavy atom. The Bertz CT molecular complexity index is 1350. The normalized spacial score (nSPS) is 15.3. The van der Waals surface area contributed by atoms with Gasteiger partial charge in [-0.3, -0.25) is 19.3 Å². The van der Waals surface area contributed by atoms with E-state index in [4.69, 9.17) is 9.57 Å². The summed E-state index contributed by atoms with van der Waals surface area (Å²) >= 11 is 0. The zero-order valence-electron chi connectivity index (χ0n) is 22.3. The van der Waals surface area contributed by atoms with E-state index < -0.39 is 29.9 Å². The number of carbonyl (C=O) groups excluding carboxylic acids is 3. The molecule has 216 valence electrons. The summed E-state index contributed by atoms with van der Waals surface area (Å²) in [5.74, 6) is -0.352. The Morgan fingerprint density at radius 2 is 1.51 bits per heavy atom. The Labute approximate surface area is 234 Å². The number of nitrogens with zero attached hydrogens (tertiary/aromatic N) is 2. The molecule has 1 heterocycles. The first-order valence-corrected chi connectivity index (χ1v) is 12.6. The fourth-order valence-electron chi connectivity index (χ4n) is 4.13. The van der Waals surface area contributed by atoms with Crippen molar-refractivity contribution in [1.82, 2.24) is 15.3 Å². The second kappa shape index (κ2) is 12.3. The highest BCUT2D eigenvalue weighted by Crippen LogP contribution is 2.28. The van der Waals surface area contributed by atoms with Gasteiger partial charge in [-0.15, -0.1) is 13.2 Å². The smallest absolute Gasteiger partial charge is 0.491 e. The van der Waals surface area contributed by atoms with Crippen molar-refractivity contribution in [2.45, 2.75) is 38.4 Å². The summed E-state index contributed by atoms with van der Waals surface area (Å²) in [6, 6.07) is 19.9. The maximum Gasteiger partial charge on any atom is 0.573 e. The van der Waals surface area contributed by atoms with E-state index in [0.717, 1.165) is 21.1 Å². The molecule has 0 unspecified atom stereocenters. The molecule has 1 aliphatic heterocycles. The molecule has 4 amide bonds. The largest absolute Gasteiger partial charge is 0.573 e. The first-order valence-electron chi connectivity index (χ1n) is 12.6. The molecule has 0 aromatic heterocycles. The molecule has 4 rings (SSSR count). The number of halogens is 3. The van der Waals surface area contributed by atoms with Crippen molar-refractivity contribution in [2.75, 3.05) is 13.2 Å². The van der Waals surface area contributed by atoms with Gasteiger partial charge < -0.3 is 14.8 Å². The predicted octanol–water partition coefficient (Wildman–Crippen LogP) is 4.92. The molecule has 41 heavy (non-hydrogen) atoms. The van der Waals surface area contributed by atoms with Gasteiger partial charge in [-0.1, -0.05) is 54.6 Å². The van der Waals surface area contributed by atoms with Gasteiger partial charge in [0, 0.05) is 0 Å². The molecule has 0 saturated carbocycles. The van der Waals surface area contributed by atoms with Crippen LogP contribution in [0.1, 0.15) is 19.4 Å². The number of urea groups is 1. The van der Waals surface area contributed by atoms with Gasteiger partial charge in [0.1, 0.15) is 36.3 Å². The molecule has 1 aliphatic rings. The van der Waals surface area contributed by atoms with Crippen molar-refractivity contribution in [3.63, 3.8) is 0 Å². The van der Waals surface area contributed by atoms with E-state index >= 15 is 0 Å². The molecule has 1 atom stereocenters. The fourth-order valence-corrected chi connectivity index (χ4v) is 4.13. The van der Waals surface area contributed by atoms with Crippen molar-refractivity contribution in [2.24, 2.45) is 0 Å². The molecule has 0 spiro atoms. The van der Waals surface area contributed by atoms with E-state index in [1.165, 1.54) is 24.3 Å². The number of nitrogens with one attached hydrogen (secondary N) is 1. The number of hydrogen-bond donors (Lipinski definition) is 1. The van der Waals surface area contributed by atoms with Crippen molar-refractivity contribution < 1.29 is 41.9 Å². The Balaban J connectivity index is 1.45. The number of alkyl halides is 3. The van der Waals surface area contributed by atoms with E-state index in [2.05, 4.69) is 10.1 Å². The predicted molar refractivity (Wildman–Crippen MR) is 141 cm³/mol. The Hall–Kier alpha value is -4.58. The van der Waals surface area contributed by atoms with Gasteiger partial charge in [0.05, 0.1) is 6.54 Å². The standard InChI is InChI=1S/C29H28F3N3O6/c1-28(2)26(37)34(27(38)33-28)16-23(35(19-36)40-17-20-6-4-3-5-7-20)18-39-24-12-8-21(9-13-24)22-10-14-25(15-11-22)41-29(30,31)32/h3-15,19,23H,16-18H2,1-2H3,(H,33,38)/t23-/m1/s1. The van der Waals surface area contributed by atoms with E-state index in [9.17, 15) is 27.6 Å². The van der Waals surface area contributed by atoms with E-state index in [1.54, 1.807) is 38.1 Å². The van der Waals surface area contributed by atoms with Gasteiger partial charge >= 0.3 is 12.4 Å². The topological polar surface area (TPSA) is 97.4 Å². The van der Waals surface area contributed by atoms with Gasteiger partial charge in [0.25, 0.3) is 5.91 Å². The SMILES string of the molecule is CC1(C)NC(=O)N(C[C@H](COc2ccc(-c3ccc(OC(F)(F)F)cc3)cc2)N(C=O)OCc2ccccc2)C1=O. The van der Waals surface area contributed by atoms with Crippen LogP contribution in [-0.4, -0.2) is 59.4 Å². The molecular weight excluding hydrogens is 543 g/mol. The van der Waals surface area contributed by atoms with Crippen LogP contribution >= 0.6 is 0 Å². The number of amides is 4. The summed E-state index contributed by atoms with van der Waals surface area (Å²) in [5, 5.41) is 3.63. The lowest BCUT2D eigenvalue weighted by atomic mass is 10.1. The van der Waals surface area contributed by atoms with E-state index in [0.29, 0.717) is 17.7 Å². The van der Waals surface area contributed by atoms with Crippen molar-refractivity contribution >= 4 is 18.3 Å². The van der Waals surface area contributed by atoms with Crippen molar-refractivity contribution in [3.8, 4) is 22.6 Å². The summed E-state index contributed by atoms with van der Waals surface area (Å²) in [6.07, 6.45) is -4.30. The summed E-state index contributed by atoms with van der Waals surface area (Å²) < 4.78 is 47.0. The van der Waals surface area contributed by atoms with Crippen LogP contribution in [0.25, 0.3) is 11.1 Å².